The Kier molecular flexibility index (Phi) is 9.72. The summed E-state index contributed by atoms with van der Waals surface area (Å²) in [5.41, 5.74) is 5.40. The number of carbonyl (C=O) groups is 4. The van der Waals surface area contributed by atoms with Crippen molar-refractivity contribution >= 4 is 23.8 Å². The number of aromatic hydroxyl groups is 1. The predicted molar refractivity (Wildman–Crippen MR) is 135 cm³/mol. The molecule has 0 radical (unpaired) electrons. The zero-order valence-corrected chi connectivity index (χ0v) is 22.1. The minimum Gasteiger partial charge on any atom is -0.507 e. The standard InChI is InChI=1S/C26H40N4O6/c1-7-8-12-28-23(33)21(17-11-9-10-15(2)22(17)32)30(19-13-16(19)3)24(34)18(14-20(27)31)29-25(35)36-26(4,5)6/h9-11,16,18-19,21,32H,7-8,12-14H2,1-6H3,(H2,27,31)(H,28,33)(H,29,35). The van der Waals surface area contributed by atoms with E-state index in [-0.39, 0.29) is 23.3 Å². The van der Waals surface area contributed by atoms with Gasteiger partial charge in [0.1, 0.15) is 23.4 Å². The number of nitrogens with zero attached hydrogens (tertiary/aromatic N) is 1. The van der Waals surface area contributed by atoms with Crippen LogP contribution in [0.4, 0.5) is 4.79 Å². The number of hydrogen-bond donors (Lipinski definition) is 4. The van der Waals surface area contributed by atoms with Crippen LogP contribution in [0.25, 0.3) is 0 Å². The predicted octanol–water partition coefficient (Wildman–Crippen LogP) is 2.66. The third-order valence-electron chi connectivity index (χ3n) is 5.99. The molecule has 4 unspecified atom stereocenters. The molecule has 0 aliphatic heterocycles. The van der Waals surface area contributed by atoms with Gasteiger partial charge in [0.25, 0.3) is 0 Å². The Morgan fingerprint density at radius 1 is 1.25 bits per heavy atom. The molecule has 1 saturated carbocycles. The van der Waals surface area contributed by atoms with Crippen LogP contribution < -0.4 is 16.4 Å². The Labute approximate surface area is 212 Å². The van der Waals surface area contributed by atoms with E-state index in [2.05, 4.69) is 10.6 Å². The van der Waals surface area contributed by atoms with Gasteiger partial charge in [0, 0.05) is 18.2 Å². The van der Waals surface area contributed by atoms with Gasteiger partial charge >= 0.3 is 6.09 Å². The number of carbonyl (C=O) groups excluding carboxylic acids is 4. The monoisotopic (exact) mass is 504 g/mol. The van der Waals surface area contributed by atoms with Gasteiger partial charge in [-0.1, -0.05) is 38.5 Å². The van der Waals surface area contributed by atoms with E-state index in [0.717, 1.165) is 12.8 Å². The fraction of sp³-hybridized carbons (Fsp3) is 0.615. The third-order valence-corrected chi connectivity index (χ3v) is 5.99. The highest BCUT2D eigenvalue weighted by Crippen LogP contribution is 2.42. The first-order valence-corrected chi connectivity index (χ1v) is 12.4. The number of unbranched alkanes of at least 4 members (excludes halogenated alkanes) is 1. The van der Waals surface area contributed by atoms with E-state index in [4.69, 9.17) is 10.5 Å². The number of ether oxygens (including phenoxy) is 1. The van der Waals surface area contributed by atoms with Crippen molar-refractivity contribution < 1.29 is 29.0 Å². The molecule has 4 atom stereocenters. The zero-order valence-electron chi connectivity index (χ0n) is 22.1. The average molecular weight is 505 g/mol. The van der Waals surface area contributed by atoms with Crippen LogP contribution in [-0.4, -0.2) is 58.1 Å². The third kappa shape index (κ3) is 7.86. The molecule has 0 spiro atoms. The topological polar surface area (TPSA) is 151 Å². The SMILES string of the molecule is CCCCNC(=O)C(c1cccc(C)c1O)N(C(=O)C(CC(N)=O)NC(=O)OC(C)(C)C)C1CC1C. The van der Waals surface area contributed by atoms with Crippen LogP contribution in [0.5, 0.6) is 5.75 Å². The summed E-state index contributed by atoms with van der Waals surface area (Å²) in [6, 6.07) is 2.18. The summed E-state index contributed by atoms with van der Waals surface area (Å²) < 4.78 is 5.28. The Morgan fingerprint density at radius 3 is 2.42 bits per heavy atom. The summed E-state index contributed by atoms with van der Waals surface area (Å²) in [4.78, 5) is 53.2. The van der Waals surface area contributed by atoms with Gasteiger partial charge in [0.2, 0.25) is 17.7 Å². The van der Waals surface area contributed by atoms with E-state index in [9.17, 15) is 24.3 Å². The Balaban J connectivity index is 2.52. The number of aryl methyl sites for hydroxylation is 1. The Hall–Kier alpha value is -3.30. The lowest BCUT2D eigenvalue weighted by Crippen LogP contribution is -2.55. The van der Waals surface area contributed by atoms with Crippen molar-refractivity contribution in [1.82, 2.24) is 15.5 Å². The van der Waals surface area contributed by atoms with E-state index < -0.39 is 47.9 Å². The van der Waals surface area contributed by atoms with Crippen molar-refractivity contribution in [1.29, 1.82) is 0 Å². The molecule has 5 N–H and O–H groups in total. The van der Waals surface area contributed by atoms with Crippen molar-refractivity contribution in [2.24, 2.45) is 11.7 Å². The highest BCUT2D eigenvalue weighted by atomic mass is 16.6. The molecule has 0 saturated heterocycles. The lowest BCUT2D eigenvalue weighted by molar-refractivity contribution is -0.144. The lowest BCUT2D eigenvalue weighted by atomic mass is 9.98. The van der Waals surface area contributed by atoms with Crippen LogP contribution in [0.2, 0.25) is 0 Å². The van der Waals surface area contributed by atoms with E-state index >= 15 is 0 Å². The second kappa shape index (κ2) is 12.1. The van der Waals surface area contributed by atoms with Crippen LogP contribution in [0.3, 0.4) is 0 Å². The van der Waals surface area contributed by atoms with Gasteiger partial charge in [-0.3, -0.25) is 14.4 Å². The maximum absolute atomic E-state index is 13.9. The average Bonchev–Trinajstić information content (AvgIpc) is 3.47. The molecule has 4 amide bonds. The molecule has 10 heteroatoms. The normalized spacial score (nSPS) is 18.5. The van der Waals surface area contributed by atoms with Crippen molar-refractivity contribution in [2.75, 3.05) is 6.54 Å². The summed E-state index contributed by atoms with van der Waals surface area (Å²) in [7, 11) is 0. The number of para-hydroxylation sites is 1. The number of nitrogens with two attached hydrogens (primary N) is 1. The van der Waals surface area contributed by atoms with Gasteiger partial charge in [0.05, 0.1) is 6.42 Å². The molecule has 0 bridgehead atoms. The van der Waals surface area contributed by atoms with Gasteiger partial charge < -0.3 is 31.1 Å². The first kappa shape index (κ1) is 28.9. The van der Waals surface area contributed by atoms with Crippen LogP contribution in [0.1, 0.15) is 77.5 Å². The fourth-order valence-electron chi connectivity index (χ4n) is 4.01. The number of primary amides is 1. The van der Waals surface area contributed by atoms with Crippen LogP contribution in [-0.2, 0) is 19.1 Å². The lowest BCUT2D eigenvalue weighted by Gasteiger charge is -2.35. The second-order valence-corrected chi connectivity index (χ2v) is 10.5. The fourth-order valence-corrected chi connectivity index (χ4v) is 4.01. The number of rotatable bonds is 11. The molecule has 0 heterocycles. The summed E-state index contributed by atoms with van der Waals surface area (Å²) in [5.74, 6) is -1.90. The molecule has 10 nitrogen and oxygen atoms in total. The number of alkyl carbamates (subject to hydrolysis) is 1. The van der Waals surface area contributed by atoms with E-state index in [0.29, 0.717) is 18.5 Å². The summed E-state index contributed by atoms with van der Waals surface area (Å²) in [6.45, 7) is 11.1. The maximum Gasteiger partial charge on any atom is 0.408 e. The number of phenols is 1. The molecule has 1 fully saturated rings. The highest BCUT2D eigenvalue weighted by molar-refractivity contribution is 5.95. The number of nitrogens with one attached hydrogen (secondary N) is 2. The molecule has 2 rings (SSSR count). The molecule has 1 aliphatic carbocycles. The minimum absolute atomic E-state index is 0.0857. The zero-order chi connectivity index (χ0) is 27.2. The first-order valence-electron chi connectivity index (χ1n) is 12.4. The first-order chi connectivity index (χ1) is 16.8. The molecule has 1 aromatic carbocycles. The number of amides is 4. The van der Waals surface area contributed by atoms with Gasteiger partial charge in [0.15, 0.2) is 0 Å². The molecular weight excluding hydrogens is 464 g/mol. The quantitative estimate of drug-likeness (QED) is 0.340. The molecule has 200 valence electrons. The summed E-state index contributed by atoms with van der Waals surface area (Å²) >= 11 is 0. The summed E-state index contributed by atoms with van der Waals surface area (Å²) in [5, 5.41) is 16.2. The Bertz CT molecular complexity index is 974. The number of benzene rings is 1. The van der Waals surface area contributed by atoms with Gasteiger partial charge in [-0.05, 0) is 52.0 Å². The van der Waals surface area contributed by atoms with Gasteiger partial charge in [-0.2, -0.15) is 0 Å². The molecular formula is C26H40N4O6. The van der Waals surface area contributed by atoms with Crippen molar-refractivity contribution in [3.05, 3.63) is 29.3 Å². The molecule has 0 aromatic heterocycles. The second-order valence-electron chi connectivity index (χ2n) is 10.5. The molecule has 1 aromatic rings. The molecule has 36 heavy (non-hydrogen) atoms. The minimum atomic E-state index is -1.34. The number of phenolic OH excluding ortho intramolecular Hbond substituents is 1. The smallest absolute Gasteiger partial charge is 0.408 e. The van der Waals surface area contributed by atoms with Gasteiger partial charge in [-0.15, -0.1) is 0 Å². The van der Waals surface area contributed by atoms with Crippen molar-refractivity contribution in [3.63, 3.8) is 0 Å². The van der Waals surface area contributed by atoms with E-state index in [1.807, 2.05) is 13.8 Å². The highest BCUT2D eigenvalue weighted by Gasteiger charge is 2.49. The van der Waals surface area contributed by atoms with E-state index in [1.165, 1.54) is 4.90 Å². The van der Waals surface area contributed by atoms with Gasteiger partial charge in [-0.25, -0.2) is 4.79 Å². The summed E-state index contributed by atoms with van der Waals surface area (Å²) in [6.07, 6.45) is 0.889. The van der Waals surface area contributed by atoms with Crippen LogP contribution in [0.15, 0.2) is 18.2 Å². The molecule has 1 aliphatic rings. The number of hydrogen-bond acceptors (Lipinski definition) is 6. The van der Waals surface area contributed by atoms with Crippen molar-refractivity contribution in [2.45, 2.75) is 91.0 Å². The van der Waals surface area contributed by atoms with Crippen LogP contribution in [0, 0.1) is 12.8 Å². The largest absolute Gasteiger partial charge is 0.507 e. The van der Waals surface area contributed by atoms with Crippen molar-refractivity contribution in [3.8, 4) is 5.75 Å². The Morgan fingerprint density at radius 2 is 1.89 bits per heavy atom. The maximum atomic E-state index is 13.9. The van der Waals surface area contributed by atoms with E-state index in [1.54, 1.807) is 45.9 Å². The van der Waals surface area contributed by atoms with Crippen LogP contribution >= 0.6 is 0 Å².